The normalized spacial score (nSPS) is 10.4. The standard InChI is InChI=1S/C21H18Cl2N2O4/c22-16-6-7-18(23)19(10-16)29-13-20(26)24-11-14-3-1-4-15(9-14)21(27)25-12-17-5-2-8-28-17/h1-10H,11-13H2,(H,24,26)(H,25,27). The molecular formula is C21H18Cl2N2O4. The van der Waals surface area contributed by atoms with Crippen molar-refractivity contribution in [2.45, 2.75) is 13.1 Å². The molecule has 1 aromatic heterocycles. The van der Waals surface area contributed by atoms with Crippen LogP contribution in [-0.2, 0) is 17.9 Å². The molecular weight excluding hydrogens is 415 g/mol. The number of halogens is 2. The molecule has 2 N–H and O–H groups in total. The zero-order valence-electron chi connectivity index (χ0n) is 15.3. The zero-order valence-corrected chi connectivity index (χ0v) is 16.8. The van der Waals surface area contributed by atoms with Crippen LogP contribution in [0.25, 0.3) is 0 Å². The molecule has 0 aliphatic heterocycles. The van der Waals surface area contributed by atoms with Gasteiger partial charge in [0.05, 0.1) is 17.8 Å². The monoisotopic (exact) mass is 432 g/mol. The highest BCUT2D eigenvalue weighted by atomic mass is 35.5. The first kappa shape index (κ1) is 20.8. The third kappa shape index (κ3) is 6.27. The Kier molecular flexibility index (Phi) is 7.16. The second-order valence-electron chi connectivity index (χ2n) is 6.10. The predicted molar refractivity (Wildman–Crippen MR) is 110 cm³/mol. The van der Waals surface area contributed by atoms with Crippen molar-refractivity contribution in [1.82, 2.24) is 10.6 Å². The highest BCUT2D eigenvalue weighted by Gasteiger charge is 2.09. The van der Waals surface area contributed by atoms with E-state index in [9.17, 15) is 9.59 Å². The number of carbonyl (C=O) groups is 2. The highest BCUT2D eigenvalue weighted by molar-refractivity contribution is 6.34. The third-order valence-electron chi connectivity index (χ3n) is 3.93. The van der Waals surface area contributed by atoms with Crippen LogP contribution in [0, 0.1) is 0 Å². The van der Waals surface area contributed by atoms with Crippen LogP contribution in [0.1, 0.15) is 21.7 Å². The number of rotatable bonds is 8. The van der Waals surface area contributed by atoms with Gasteiger partial charge in [-0.15, -0.1) is 0 Å². The van der Waals surface area contributed by atoms with Crippen LogP contribution in [0.5, 0.6) is 5.75 Å². The molecule has 2 aromatic carbocycles. The highest BCUT2D eigenvalue weighted by Crippen LogP contribution is 2.27. The summed E-state index contributed by atoms with van der Waals surface area (Å²) >= 11 is 11.9. The predicted octanol–water partition coefficient (Wildman–Crippen LogP) is 4.21. The summed E-state index contributed by atoms with van der Waals surface area (Å²) in [5.74, 6) is 0.452. The number of amides is 2. The maximum atomic E-state index is 12.3. The van der Waals surface area contributed by atoms with E-state index in [0.29, 0.717) is 33.7 Å². The molecule has 150 valence electrons. The molecule has 3 rings (SSSR count). The Hall–Kier alpha value is -2.96. The van der Waals surface area contributed by atoms with Gasteiger partial charge in [-0.2, -0.15) is 0 Å². The van der Waals surface area contributed by atoms with Crippen molar-refractivity contribution in [2.75, 3.05) is 6.61 Å². The molecule has 29 heavy (non-hydrogen) atoms. The quantitative estimate of drug-likeness (QED) is 0.558. The molecule has 0 aliphatic rings. The minimum absolute atomic E-state index is 0.205. The van der Waals surface area contributed by atoms with E-state index >= 15 is 0 Å². The van der Waals surface area contributed by atoms with Gasteiger partial charge in [0.25, 0.3) is 11.8 Å². The summed E-state index contributed by atoms with van der Waals surface area (Å²) in [6.07, 6.45) is 1.55. The van der Waals surface area contributed by atoms with Gasteiger partial charge in [-0.1, -0.05) is 35.3 Å². The first-order chi connectivity index (χ1) is 14.0. The van der Waals surface area contributed by atoms with E-state index in [1.807, 2.05) is 6.07 Å². The average molecular weight is 433 g/mol. The summed E-state index contributed by atoms with van der Waals surface area (Å²) in [5.41, 5.74) is 1.27. The molecule has 3 aromatic rings. The molecule has 0 saturated heterocycles. The van der Waals surface area contributed by atoms with Crippen molar-refractivity contribution in [3.63, 3.8) is 0 Å². The lowest BCUT2D eigenvalue weighted by molar-refractivity contribution is -0.123. The summed E-state index contributed by atoms with van der Waals surface area (Å²) in [6.45, 7) is 0.352. The van der Waals surface area contributed by atoms with Crippen LogP contribution < -0.4 is 15.4 Å². The first-order valence-corrected chi connectivity index (χ1v) is 9.51. The van der Waals surface area contributed by atoms with Gasteiger partial charge in [-0.3, -0.25) is 9.59 Å². The van der Waals surface area contributed by atoms with E-state index in [2.05, 4.69) is 10.6 Å². The second-order valence-corrected chi connectivity index (χ2v) is 6.95. The Bertz CT molecular complexity index is 990. The molecule has 0 saturated carbocycles. The van der Waals surface area contributed by atoms with Gasteiger partial charge in [0.1, 0.15) is 11.5 Å². The van der Waals surface area contributed by atoms with Crippen molar-refractivity contribution in [2.24, 2.45) is 0 Å². The van der Waals surface area contributed by atoms with Gasteiger partial charge in [0.15, 0.2) is 6.61 Å². The van der Waals surface area contributed by atoms with Gasteiger partial charge >= 0.3 is 0 Å². The van der Waals surface area contributed by atoms with Gasteiger partial charge in [-0.25, -0.2) is 0 Å². The molecule has 0 bridgehead atoms. The lowest BCUT2D eigenvalue weighted by Gasteiger charge is -2.10. The first-order valence-electron chi connectivity index (χ1n) is 8.75. The van der Waals surface area contributed by atoms with E-state index in [4.69, 9.17) is 32.4 Å². The maximum Gasteiger partial charge on any atom is 0.258 e. The Morgan fingerprint density at radius 1 is 0.966 bits per heavy atom. The fraction of sp³-hybridized carbons (Fsp3) is 0.143. The summed E-state index contributed by atoms with van der Waals surface area (Å²) in [6, 6.07) is 15.3. The maximum absolute atomic E-state index is 12.3. The van der Waals surface area contributed by atoms with Gasteiger partial charge in [0, 0.05) is 23.2 Å². The third-order valence-corrected chi connectivity index (χ3v) is 4.48. The van der Waals surface area contributed by atoms with Crippen molar-refractivity contribution < 1.29 is 18.7 Å². The smallest absolute Gasteiger partial charge is 0.258 e. The topological polar surface area (TPSA) is 80.6 Å². The van der Waals surface area contributed by atoms with Gasteiger partial charge in [-0.05, 0) is 42.0 Å². The van der Waals surface area contributed by atoms with Gasteiger partial charge < -0.3 is 19.8 Å². The van der Waals surface area contributed by atoms with Crippen LogP contribution in [0.2, 0.25) is 10.0 Å². The van der Waals surface area contributed by atoms with Crippen LogP contribution in [0.4, 0.5) is 0 Å². The second kappa shape index (κ2) is 10.0. The van der Waals surface area contributed by atoms with Crippen LogP contribution in [0.15, 0.2) is 65.3 Å². The summed E-state index contributed by atoms with van der Waals surface area (Å²) < 4.78 is 10.6. The fourth-order valence-electron chi connectivity index (χ4n) is 2.49. The van der Waals surface area contributed by atoms with Crippen molar-refractivity contribution in [1.29, 1.82) is 0 Å². The molecule has 0 unspecified atom stereocenters. The average Bonchev–Trinajstić information content (AvgIpc) is 3.25. The van der Waals surface area contributed by atoms with Crippen LogP contribution in [0.3, 0.4) is 0 Å². The molecule has 0 fully saturated rings. The molecule has 0 aliphatic carbocycles. The van der Waals surface area contributed by atoms with Crippen LogP contribution >= 0.6 is 23.2 Å². The number of hydrogen-bond acceptors (Lipinski definition) is 4. The van der Waals surface area contributed by atoms with Crippen molar-refractivity contribution >= 4 is 35.0 Å². The van der Waals surface area contributed by atoms with Crippen molar-refractivity contribution in [3.8, 4) is 5.75 Å². The number of hydrogen-bond donors (Lipinski definition) is 2. The Balaban J connectivity index is 1.48. The molecule has 2 amide bonds. The lowest BCUT2D eigenvalue weighted by atomic mass is 10.1. The van der Waals surface area contributed by atoms with E-state index in [0.717, 1.165) is 5.56 Å². The van der Waals surface area contributed by atoms with E-state index in [-0.39, 0.29) is 25.0 Å². The van der Waals surface area contributed by atoms with E-state index in [1.54, 1.807) is 54.8 Å². The zero-order chi connectivity index (χ0) is 20.6. The molecule has 0 atom stereocenters. The largest absolute Gasteiger partial charge is 0.482 e. The van der Waals surface area contributed by atoms with Crippen molar-refractivity contribution in [3.05, 3.63) is 87.8 Å². The molecule has 0 spiro atoms. The molecule has 0 radical (unpaired) electrons. The fourth-order valence-corrected chi connectivity index (χ4v) is 2.82. The van der Waals surface area contributed by atoms with Gasteiger partial charge in [0.2, 0.25) is 0 Å². The summed E-state index contributed by atoms with van der Waals surface area (Å²) in [4.78, 5) is 24.3. The minimum atomic E-state index is -0.325. The summed E-state index contributed by atoms with van der Waals surface area (Å²) in [7, 11) is 0. The molecule has 6 nitrogen and oxygen atoms in total. The number of nitrogens with one attached hydrogen (secondary N) is 2. The molecule has 8 heteroatoms. The Morgan fingerprint density at radius 3 is 2.62 bits per heavy atom. The number of carbonyl (C=O) groups excluding carboxylic acids is 2. The minimum Gasteiger partial charge on any atom is -0.482 e. The Morgan fingerprint density at radius 2 is 1.83 bits per heavy atom. The number of ether oxygens (including phenoxy) is 1. The lowest BCUT2D eigenvalue weighted by Crippen LogP contribution is -2.28. The summed E-state index contributed by atoms with van der Waals surface area (Å²) in [5, 5.41) is 6.35. The van der Waals surface area contributed by atoms with E-state index in [1.165, 1.54) is 0 Å². The Labute approximate surface area is 177 Å². The van der Waals surface area contributed by atoms with E-state index < -0.39 is 0 Å². The number of furan rings is 1. The number of benzene rings is 2. The van der Waals surface area contributed by atoms with Crippen LogP contribution in [-0.4, -0.2) is 18.4 Å². The molecule has 1 heterocycles. The SMILES string of the molecule is O=C(COc1cc(Cl)ccc1Cl)NCc1cccc(C(=O)NCc2ccco2)c1.